The summed E-state index contributed by atoms with van der Waals surface area (Å²) in [5.74, 6) is 0.421. The fourth-order valence-corrected chi connectivity index (χ4v) is 3.28. The lowest BCUT2D eigenvalue weighted by atomic mass is 9.81. The minimum atomic E-state index is 0.421. The summed E-state index contributed by atoms with van der Waals surface area (Å²) in [5.41, 5.74) is 5.52. The van der Waals surface area contributed by atoms with Crippen LogP contribution >= 0.6 is 0 Å². The fourth-order valence-electron chi connectivity index (χ4n) is 3.28. The molecule has 4 rings (SSSR count). The number of hydrogen-bond acceptors (Lipinski definition) is 0. The van der Waals surface area contributed by atoms with Gasteiger partial charge in [-0.3, -0.25) is 0 Å². The molecule has 0 fully saturated rings. The van der Waals surface area contributed by atoms with E-state index in [9.17, 15) is 0 Å². The van der Waals surface area contributed by atoms with Gasteiger partial charge in [0, 0.05) is 5.92 Å². The standard InChI is InChI=1S/C20H16/c1-14-12-16-8-5-10-18(16)20(13-14)19-11-4-7-15-6-2-3-9-17(15)19/h2-13,18H,1H3. The molecule has 0 heterocycles. The molecule has 96 valence electrons. The number of benzene rings is 2. The monoisotopic (exact) mass is 256 g/mol. The third kappa shape index (κ3) is 1.69. The SMILES string of the molecule is CC1=CC2=CC=CC2C(c2cccc3ccccc23)=C1. The highest BCUT2D eigenvalue weighted by Gasteiger charge is 2.23. The Morgan fingerprint density at radius 2 is 1.75 bits per heavy atom. The van der Waals surface area contributed by atoms with Crippen LogP contribution in [0.15, 0.2) is 84.0 Å². The van der Waals surface area contributed by atoms with Crippen LogP contribution in [-0.4, -0.2) is 0 Å². The first-order valence-electron chi connectivity index (χ1n) is 7.09. The van der Waals surface area contributed by atoms with Gasteiger partial charge in [0.05, 0.1) is 0 Å². The van der Waals surface area contributed by atoms with E-state index in [4.69, 9.17) is 0 Å². The van der Waals surface area contributed by atoms with Crippen LogP contribution in [0.25, 0.3) is 16.3 Å². The first-order valence-corrected chi connectivity index (χ1v) is 7.09. The lowest BCUT2D eigenvalue weighted by molar-refractivity contribution is 1.03. The summed E-state index contributed by atoms with van der Waals surface area (Å²) >= 11 is 0. The van der Waals surface area contributed by atoms with Gasteiger partial charge in [0.2, 0.25) is 0 Å². The minimum absolute atomic E-state index is 0.421. The topological polar surface area (TPSA) is 0 Å². The molecule has 0 spiro atoms. The highest BCUT2D eigenvalue weighted by Crippen LogP contribution is 2.40. The molecule has 2 aromatic rings. The van der Waals surface area contributed by atoms with Crippen LogP contribution in [0.1, 0.15) is 12.5 Å². The van der Waals surface area contributed by atoms with Crippen molar-refractivity contribution in [3.05, 3.63) is 89.6 Å². The molecule has 2 aliphatic carbocycles. The Morgan fingerprint density at radius 3 is 2.70 bits per heavy atom. The maximum absolute atomic E-state index is 2.33. The van der Waals surface area contributed by atoms with Crippen molar-refractivity contribution in [3.8, 4) is 0 Å². The Balaban J connectivity index is 1.97. The third-order valence-electron chi connectivity index (χ3n) is 4.16. The lowest BCUT2D eigenvalue weighted by Crippen LogP contribution is -2.05. The second kappa shape index (κ2) is 4.35. The number of allylic oxidation sites excluding steroid dienone is 8. The van der Waals surface area contributed by atoms with E-state index in [0.717, 1.165) is 0 Å². The maximum atomic E-state index is 2.33. The molecule has 0 bridgehead atoms. The zero-order valence-corrected chi connectivity index (χ0v) is 11.5. The molecule has 0 saturated heterocycles. The van der Waals surface area contributed by atoms with E-state index in [1.54, 1.807) is 0 Å². The molecule has 2 aliphatic rings. The summed E-state index contributed by atoms with van der Waals surface area (Å²) in [7, 11) is 0. The molecule has 0 aliphatic heterocycles. The molecule has 1 atom stereocenters. The molecule has 0 N–H and O–H groups in total. The second-order valence-electron chi connectivity index (χ2n) is 5.54. The van der Waals surface area contributed by atoms with Crippen molar-refractivity contribution in [2.24, 2.45) is 5.92 Å². The van der Waals surface area contributed by atoms with E-state index >= 15 is 0 Å². The van der Waals surface area contributed by atoms with Gasteiger partial charge in [0.15, 0.2) is 0 Å². The van der Waals surface area contributed by atoms with E-state index in [1.807, 2.05) is 0 Å². The summed E-state index contributed by atoms with van der Waals surface area (Å²) in [6.45, 7) is 2.18. The highest BCUT2D eigenvalue weighted by molar-refractivity contribution is 5.96. The molecule has 1 unspecified atom stereocenters. The van der Waals surface area contributed by atoms with Crippen molar-refractivity contribution in [1.82, 2.24) is 0 Å². The quantitative estimate of drug-likeness (QED) is 0.650. The van der Waals surface area contributed by atoms with E-state index < -0.39 is 0 Å². The van der Waals surface area contributed by atoms with Crippen LogP contribution in [0.5, 0.6) is 0 Å². The molecule has 0 aromatic heterocycles. The van der Waals surface area contributed by atoms with Crippen LogP contribution in [0.3, 0.4) is 0 Å². The smallest absolute Gasteiger partial charge is 0.0278 e. The first-order chi connectivity index (χ1) is 9.83. The van der Waals surface area contributed by atoms with Gasteiger partial charge in [-0.25, -0.2) is 0 Å². The van der Waals surface area contributed by atoms with Gasteiger partial charge < -0.3 is 0 Å². The predicted octanol–water partition coefficient (Wildman–Crippen LogP) is 5.30. The molecule has 0 amide bonds. The van der Waals surface area contributed by atoms with Gasteiger partial charge in [-0.15, -0.1) is 0 Å². The van der Waals surface area contributed by atoms with Gasteiger partial charge >= 0.3 is 0 Å². The van der Waals surface area contributed by atoms with E-state index in [2.05, 4.69) is 79.8 Å². The van der Waals surface area contributed by atoms with Crippen molar-refractivity contribution >= 4 is 16.3 Å². The molecule has 0 heteroatoms. The molecule has 20 heavy (non-hydrogen) atoms. The van der Waals surface area contributed by atoms with Crippen molar-refractivity contribution in [3.63, 3.8) is 0 Å². The largest absolute Gasteiger partial charge is 0.0726 e. The minimum Gasteiger partial charge on any atom is -0.0726 e. The van der Waals surface area contributed by atoms with Crippen molar-refractivity contribution in [2.45, 2.75) is 6.92 Å². The lowest BCUT2D eigenvalue weighted by Gasteiger charge is -2.22. The van der Waals surface area contributed by atoms with Gasteiger partial charge in [0.1, 0.15) is 0 Å². The maximum Gasteiger partial charge on any atom is 0.0278 e. The first kappa shape index (κ1) is 11.5. The van der Waals surface area contributed by atoms with E-state index in [1.165, 1.54) is 33.1 Å². The van der Waals surface area contributed by atoms with Crippen molar-refractivity contribution in [1.29, 1.82) is 0 Å². The average Bonchev–Trinajstić information content (AvgIpc) is 2.94. The predicted molar refractivity (Wildman–Crippen MR) is 86.4 cm³/mol. The number of hydrogen-bond donors (Lipinski definition) is 0. The van der Waals surface area contributed by atoms with Gasteiger partial charge in [-0.1, -0.05) is 78.4 Å². The third-order valence-corrected chi connectivity index (χ3v) is 4.16. The van der Waals surface area contributed by atoms with Crippen LogP contribution in [0.2, 0.25) is 0 Å². The summed E-state index contributed by atoms with van der Waals surface area (Å²) in [4.78, 5) is 0. The molecule has 2 aromatic carbocycles. The van der Waals surface area contributed by atoms with Gasteiger partial charge in [-0.05, 0) is 34.4 Å². The molecule has 0 radical (unpaired) electrons. The molecular weight excluding hydrogens is 240 g/mol. The summed E-state index contributed by atoms with van der Waals surface area (Å²) in [5, 5.41) is 2.65. The summed E-state index contributed by atoms with van der Waals surface area (Å²) in [6.07, 6.45) is 11.3. The second-order valence-corrected chi connectivity index (χ2v) is 5.54. The molecular formula is C20H16. The van der Waals surface area contributed by atoms with Crippen molar-refractivity contribution < 1.29 is 0 Å². The van der Waals surface area contributed by atoms with Crippen LogP contribution in [0.4, 0.5) is 0 Å². The van der Waals surface area contributed by atoms with Gasteiger partial charge in [0.25, 0.3) is 0 Å². The number of rotatable bonds is 1. The molecule has 0 saturated carbocycles. The highest BCUT2D eigenvalue weighted by atomic mass is 14.3. The number of fused-ring (bicyclic) bond motifs is 2. The van der Waals surface area contributed by atoms with Gasteiger partial charge in [-0.2, -0.15) is 0 Å². The van der Waals surface area contributed by atoms with Crippen LogP contribution < -0.4 is 0 Å². The van der Waals surface area contributed by atoms with E-state index in [0.29, 0.717) is 5.92 Å². The van der Waals surface area contributed by atoms with Crippen LogP contribution in [0, 0.1) is 5.92 Å². The van der Waals surface area contributed by atoms with Crippen molar-refractivity contribution in [2.75, 3.05) is 0 Å². The Bertz CT molecular complexity index is 808. The Kier molecular flexibility index (Phi) is 2.50. The Morgan fingerprint density at radius 1 is 0.900 bits per heavy atom. The Hall–Kier alpha value is -2.34. The average molecular weight is 256 g/mol. The normalized spacial score (nSPS) is 20.4. The summed E-state index contributed by atoms with van der Waals surface area (Å²) in [6, 6.07) is 15.2. The van der Waals surface area contributed by atoms with Crippen LogP contribution in [-0.2, 0) is 0 Å². The molecule has 0 nitrogen and oxygen atoms in total. The zero-order valence-electron chi connectivity index (χ0n) is 11.5. The summed E-state index contributed by atoms with van der Waals surface area (Å²) < 4.78 is 0. The zero-order chi connectivity index (χ0) is 13.5. The fraction of sp³-hybridized carbons (Fsp3) is 0.100. The Labute approximate surface area is 119 Å². The van der Waals surface area contributed by atoms with E-state index in [-0.39, 0.29) is 0 Å².